The molecule has 12 heteroatoms. The lowest BCUT2D eigenvalue weighted by Crippen LogP contribution is -2.22. The molecule has 0 saturated carbocycles. The lowest BCUT2D eigenvalue weighted by molar-refractivity contribution is -0.171. The van der Waals surface area contributed by atoms with Crippen molar-refractivity contribution >= 4 is 17.5 Å². The Morgan fingerprint density at radius 3 is 2.57 bits per heavy atom. The normalized spacial score (nSPS) is 12.0. The van der Waals surface area contributed by atoms with E-state index in [-0.39, 0.29) is 30.8 Å². The third-order valence-electron chi connectivity index (χ3n) is 3.25. The molecular formula is C16H16F3N3O6. The highest BCUT2D eigenvalue weighted by molar-refractivity contribution is 5.96. The third-order valence-corrected chi connectivity index (χ3v) is 3.25. The van der Waals surface area contributed by atoms with Crippen molar-refractivity contribution in [1.82, 2.24) is 0 Å². The van der Waals surface area contributed by atoms with E-state index < -0.39 is 43.0 Å². The molecule has 1 N–H and O–H groups in total. The number of alkyl halides is 3. The number of carboxylic acids is 1. The van der Waals surface area contributed by atoms with E-state index in [4.69, 9.17) is 20.1 Å². The molecule has 152 valence electrons. The number of halogens is 3. The average Bonchev–Trinajstić information content (AvgIpc) is 2.63. The smallest absolute Gasteiger partial charge is 0.449 e. The number of nitrogens with zero attached hydrogens (tertiary/aromatic N) is 3. The summed E-state index contributed by atoms with van der Waals surface area (Å²) in [6.07, 6.45) is -7.41. The molecule has 0 saturated heterocycles. The molecule has 0 fully saturated rings. The van der Waals surface area contributed by atoms with Crippen LogP contribution in [0.15, 0.2) is 29.4 Å². The van der Waals surface area contributed by atoms with Crippen LogP contribution in [0.2, 0.25) is 0 Å². The number of benzene rings is 1. The summed E-state index contributed by atoms with van der Waals surface area (Å²) < 4.78 is 46.5. The molecule has 0 heterocycles. The van der Waals surface area contributed by atoms with Gasteiger partial charge in [0.2, 0.25) is 5.78 Å². The minimum absolute atomic E-state index is 0.156. The van der Waals surface area contributed by atoms with E-state index in [9.17, 15) is 27.6 Å². The van der Waals surface area contributed by atoms with Gasteiger partial charge in [-0.1, -0.05) is 17.2 Å². The summed E-state index contributed by atoms with van der Waals surface area (Å²) in [4.78, 5) is 35.8. The highest BCUT2D eigenvalue weighted by atomic mass is 19.4. The maximum absolute atomic E-state index is 12.1. The van der Waals surface area contributed by atoms with Crippen LogP contribution in [0.3, 0.4) is 0 Å². The predicted molar refractivity (Wildman–Crippen MR) is 87.7 cm³/mol. The fourth-order valence-electron chi connectivity index (χ4n) is 1.96. The fraction of sp³-hybridized carbons (Fsp3) is 0.438. The highest BCUT2D eigenvalue weighted by Crippen LogP contribution is 2.20. The summed E-state index contributed by atoms with van der Waals surface area (Å²) in [5.41, 5.74) is 8.58. The number of azide groups is 1. The zero-order valence-electron chi connectivity index (χ0n) is 14.4. The molecule has 1 aromatic carbocycles. The van der Waals surface area contributed by atoms with Crippen molar-refractivity contribution in [1.29, 1.82) is 0 Å². The number of carboxylic acid groups (broad SMARTS) is 1. The first kappa shape index (κ1) is 22.9. The van der Waals surface area contributed by atoms with Gasteiger partial charge in [-0.05, 0) is 24.1 Å². The standard InChI is InChI=1S/C16H16F3N3O6/c17-16(18,19)13(24)6-2-5-12(23)10-3-1-4-11(7-10)27-8-14(21-22-20)28-9-15(25)26/h1,3-4,7,14H,2,5-6,8-9H2,(H,25,26). The second-order valence-corrected chi connectivity index (χ2v) is 5.40. The van der Waals surface area contributed by atoms with Crippen LogP contribution in [0.1, 0.15) is 29.6 Å². The molecule has 1 atom stereocenters. The molecular weight excluding hydrogens is 387 g/mol. The molecule has 0 amide bonds. The minimum atomic E-state index is -4.91. The van der Waals surface area contributed by atoms with Crippen molar-refractivity contribution in [3.8, 4) is 5.75 Å². The fourth-order valence-corrected chi connectivity index (χ4v) is 1.96. The number of ketones is 2. The van der Waals surface area contributed by atoms with Crippen molar-refractivity contribution in [2.75, 3.05) is 13.2 Å². The van der Waals surface area contributed by atoms with Crippen molar-refractivity contribution in [3.63, 3.8) is 0 Å². The SMILES string of the molecule is [N-]=[N+]=NC(COc1cccc(C(=O)CCCC(=O)C(F)(F)F)c1)OCC(=O)O. The number of ether oxygens (including phenoxy) is 2. The number of hydrogen-bond donors (Lipinski definition) is 1. The number of aliphatic carboxylic acids is 1. The summed E-state index contributed by atoms with van der Waals surface area (Å²) in [7, 11) is 0. The second-order valence-electron chi connectivity index (χ2n) is 5.40. The second kappa shape index (κ2) is 10.9. The molecule has 1 aromatic rings. The van der Waals surface area contributed by atoms with Crippen LogP contribution < -0.4 is 4.74 Å². The molecule has 0 aromatic heterocycles. The first-order chi connectivity index (χ1) is 13.1. The van der Waals surface area contributed by atoms with Crippen LogP contribution in [0.5, 0.6) is 5.75 Å². The van der Waals surface area contributed by atoms with E-state index in [1.807, 2.05) is 0 Å². The van der Waals surface area contributed by atoms with Crippen LogP contribution in [0, 0.1) is 0 Å². The van der Waals surface area contributed by atoms with Crippen LogP contribution in [0.4, 0.5) is 13.2 Å². The molecule has 0 radical (unpaired) electrons. The van der Waals surface area contributed by atoms with Crippen molar-refractivity contribution < 1.29 is 42.1 Å². The summed E-state index contributed by atoms with van der Waals surface area (Å²) in [6.45, 7) is -1.03. The van der Waals surface area contributed by atoms with Gasteiger partial charge in [0.15, 0.2) is 12.0 Å². The van der Waals surface area contributed by atoms with Gasteiger partial charge in [0.1, 0.15) is 19.0 Å². The van der Waals surface area contributed by atoms with Crippen LogP contribution >= 0.6 is 0 Å². The molecule has 28 heavy (non-hydrogen) atoms. The van der Waals surface area contributed by atoms with E-state index in [1.54, 1.807) is 0 Å². The largest absolute Gasteiger partial charge is 0.491 e. The van der Waals surface area contributed by atoms with Gasteiger partial charge in [-0.15, -0.1) is 0 Å². The molecule has 0 aliphatic heterocycles. The lowest BCUT2D eigenvalue weighted by Gasteiger charge is -2.13. The quantitative estimate of drug-likeness (QED) is 0.246. The Morgan fingerprint density at radius 2 is 1.96 bits per heavy atom. The minimum Gasteiger partial charge on any atom is -0.491 e. The van der Waals surface area contributed by atoms with Crippen molar-refractivity contribution in [2.45, 2.75) is 31.7 Å². The molecule has 0 spiro atoms. The topological polar surface area (TPSA) is 139 Å². The van der Waals surface area contributed by atoms with Gasteiger partial charge in [-0.3, -0.25) is 9.59 Å². The van der Waals surface area contributed by atoms with Gasteiger partial charge in [0, 0.05) is 23.3 Å². The molecule has 1 unspecified atom stereocenters. The van der Waals surface area contributed by atoms with Crippen molar-refractivity contribution in [3.05, 3.63) is 40.3 Å². The van der Waals surface area contributed by atoms with E-state index in [0.717, 1.165) is 0 Å². The zero-order valence-corrected chi connectivity index (χ0v) is 14.4. The van der Waals surface area contributed by atoms with Gasteiger partial charge in [0.05, 0.1) is 0 Å². The van der Waals surface area contributed by atoms with Gasteiger partial charge in [0.25, 0.3) is 0 Å². The summed E-state index contributed by atoms with van der Waals surface area (Å²) in [6, 6.07) is 5.67. The Kier molecular flexibility index (Phi) is 8.93. The molecule has 9 nitrogen and oxygen atoms in total. The van der Waals surface area contributed by atoms with Gasteiger partial charge in [-0.2, -0.15) is 13.2 Å². The number of hydrogen-bond acceptors (Lipinski definition) is 6. The highest BCUT2D eigenvalue weighted by Gasteiger charge is 2.37. The molecule has 0 aliphatic rings. The molecule has 0 bridgehead atoms. The third kappa shape index (κ3) is 8.52. The van der Waals surface area contributed by atoms with E-state index in [2.05, 4.69) is 10.0 Å². The zero-order chi connectivity index (χ0) is 21.2. The number of carbonyl (C=O) groups excluding carboxylic acids is 2. The van der Waals surface area contributed by atoms with E-state index in [0.29, 0.717) is 0 Å². The summed E-state index contributed by atoms with van der Waals surface area (Å²) >= 11 is 0. The van der Waals surface area contributed by atoms with Crippen LogP contribution in [0.25, 0.3) is 10.4 Å². The number of carbonyl (C=O) groups is 3. The maximum atomic E-state index is 12.1. The first-order valence-corrected chi connectivity index (χ1v) is 7.87. The summed E-state index contributed by atoms with van der Waals surface area (Å²) in [5.74, 6) is -3.46. The Bertz CT molecular complexity index is 762. The lowest BCUT2D eigenvalue weighted by atomic mass is 10.0. The Morgan fingerprint density at radius 1 is 1.25 bits per heavy atom. The number of Topliss-reactive ketones (excluding diaryl/α,β-unsaturated/α-hetero) is 2. The number of rotatable bonds is 12. The van der Waals surface area contributed by atoms with Gasteiger partial charge in [-0.25, -0.2) is 4.79 Å². The Balaban J connectivity index is 2.60. The van der Waals surface area contributed by atoms with E-state index in [1.165, 1.54) is 24.3 Å². The average molecular weight is 403 g/mol. The van der Waals surface area contributed by atoms with Crippen molar-refractivity contribution in [2.24, 2.45) is 5.11 Å². The summed E-state index contributed by atoms with van der Waals surface area (Å²) in [5, 5.41) is 11.8. The molecule has 1 rings (SSSR count). The Labute approximate surface area is 156 Å². The first-order valence-electron chi connectivity index (χ1n) is 7.87. The predicted octanol–water partition coefficient (Wildman–Crippen LogP) is 3.29. The van der Waals surface area contributed by atoms with Crippen LogP contribution in [-0.4, -0.2) is 48.3 Å². The monoisotopic (exact) mass is 403 g/mol. The van der Waals surface area contributed by atoms with Gasteiger partial charge < -0.3 is 14.6 Å². The maximum Gasteiger partial charge on any atom is 0.449 e. The van der Waals surface area contributed by atoms with Gasteiger partial charge >= 0.3 is 12.1 Å². The Hall–Kier alpha value is -3.11. The van der Waals surface area contributed by atoms with E-state index >= 15 is 0 Å². The van der Waals surface area contributed by atoms with Crippen LogP contribution in [-0.2, 0) is 14.3 Å². The molecule has 0 aliphatic carbocycles.